The molecule has 0 radical (unpaired) electrons. The quantitative estimate of drug-likeness (QED) is 0.764. The highest BCUT2D eigenvalue weighted by Gasteiger charge is 2.25. The number of alkyl carbamates (subject to hydrolysis) is 1. The number of carbonyl (C=O) groups excluding carboxylic acids is 2. The first-order valence-corrected chi connectivity index (χ1v) is 9.22. The number of hydrogen-bond acceptors (Lipinski definition) is 6. The SMILES string of the molecule is COC(=O)[C@H](Cc1ccc(CN2CCOCC2)cc1)NC(=O)OC(C)(C)C. The average Bonchev–Trinajstić information content (AvgIpc) is 2.61. The Balaban J connectivity index is 1.95. The van der Waals surface area contributed by atoms with Crippen LogP contribution < -0.4 is 5.32 Å². The van der Waals surface area contributed by atoms with E-state index < -0.39 is 23.7 Å². The van der Waals surface area contributed by atoms with E-state index >= 15 is 0 Å². The molecule has 1 N–H and O–H groups in total. The number of esters is 1. The van der Waals surface area contributed by atoms with Crippen LogP contribution in [0.5, 0.6) is 0 Å². The Bertz CT molecular complexity index is 618. The highest BCUT2D eigenvalue weighted by atomic mass is 16.6. The van der Waals surface area contributed by atoms with Crippen LogP contribution in [0.1, 0.15) is 31.9 Å². The molecule has 0 saturated carbocycles. The van der Waals surface area contributed by atoms with E-state index in [4.69, 9.17) is 14.2 Å². The minimum absolute atomic E-state index is 0.337. The molecular formula is C20H30N2O5. The molecular weight excluding hydrogens is 348 g/mol. The van der Waals surface area contributed by atoms with Gasteiger partial charge in [-0.2, -0.15) is 0 Å². The van der Waals surface area contributed by atoms with Crippen molar-refractivity contribution in [2.45, 2.75) is 45.4 Å². The number of methoxy groups -OCH3 is 1. The van der Waals surface area contributed by atoms with Crippen molar-refractivity contribution in [2.24, 2.45) is 0 Å². The molecule has 0 unspecified atom stereocenters. The van der Waals surface area contributed by atoms with Gasteiger partial charge in [0.2, 0.25) is 0 Å². The molecule has 1 heterocycles. The molecule has 0 aromatic heterocycles. The van der Waals surface area contributed by atoms with Gasteiger partial charge in [-0.05, 0) is 31.9 Å². The van der Waals surface area contributed by atoms with Crippen LogP contribution in [0.4, 0.5) is 4.79 Å². The zero-order chi connectivity index (χ0) is 19.9. The van der Waals surface area contributed by atoms with Gasteiger partial charge in [-0.1, -0.05) is 24.3 Å². The molecule has 1 saturated heterocycles. The van der Waals surface area contributed by atoms with Crippen molar-refractivity contribution in [3.05, 3.63) is 35.4 Å². The lowest BCUT2D eigenvalue weighted by molar-refractivity contribution is -0.143. The lowest BCUT2D eigenvalue weighted by Crippen LogP contribution is -2.45. The van der Waals surface area contributed by atoms with Gasteiger partial charge in [0.15, 0.2) is 0 Å². The first kappa shape index (κ1) is 21.2. The molecule has 1 aromatic carbocycles. The fourth-order valence-corrected chi connectivity index (χ4v) is 2.82. The van der Waals surface area contributed by atoms with Crippen LogP contribution in [0.2, 0.25) is 0 Å². The number of benzene rings is 1. The van der Waals surface area contributed by atoms with Crippen LogP contribution in [0.3, 0.4) is 0 Å². The van der Waals surface area contributed by atoms with Crippen LogP contribution in [0, 0.1) is 0 Å². The van der Waals surface area contributed by atoms with Crippen molar-refractivity contribution < 1.29 is 23.8 Å². The normalized spacial score (nSPS) is 16.4. The summed E-state index contributed by atoms with van der Waals surface area (Å²) in [5.41, 5.74) is 1.51. The predicted molar refractivity (Wildman–Crippen MR) is 101 cm³/mol. The minimum Gasteiger partial charge on any atom is -0.467 e. The van der Waals surface area contributed by atoms with Gasteiger partial charge in [0.05, 0.1) is 20.3 Å². The molecule has 27 heavy (non-hydrogen) atoms. The van der Waals surface area contributed by atoms with E-state index in [1.165, 1.54) is 12.7 Å². The van der Waals surface area contributed by atoms with Crippen molar-refractivity contribution in [3.63, 3.8) is 0 Å². The first-order valence-electron chi connectivity index (χ1n) is 9.22. The molecule has 1 amide bonds. The summed E-state index contributed by atoms with van der Waals surface area (Å²) in [7, 11) is 1.30. The minimum atomic E-state index is -0.796. The number of hydrogen-bond donors (Lipinski definition) is 1. The number of ether oxygens (including phenoxy) is 3. The largest absolute Gasteiger partial charge is 0.467 e. The number of rotatable bonds is 6. The molecule has 1 atom stereocenters. The summed E-state index contributed by atoms with van der Waals surface area (Å²) in [4.78, 5) is 26.4. The number of carbonyl (C=O) groups is 2. The second kappa shape index (κ2) is 9.71. The first-order chi connectivity index (χ1) is 12.8. The van der Waals surface area contributed by atoms with Gasteiger partial charge >= 0.3 is 12.1 Å². The Morgan fingerprint density at radius 2 is 1.74 bits per heavy atom. The zero-order valence-electron chi connectivity index (χ0n) is 16.6. The van der Waals surface area contributed by atoms with Crippen molar-refractivity contribution in [2.75, 3.05) is 33.4 Å². The maximum Gasteiger partial charge on any atom is 0.408 e. The Kier molecular flexibility index (Phi) is 7.62. The van der Waals surface area contributed by atoms with Crippen molar-refractivity contribution in [3.8, 4) is 0 Å². The number of nitrogens with zero attached hydrogens (tertiary/aromatic N) is 1. The molecule has 2 rings (SSSR count). The van der Waals surface area contributed by atoms with Gasteiger partial charge in [0, 0.05) is 26.1 Å². The van der Waals surface area contributed by atoms with Gasteiger partial charge in [-0.15, -0.1) is 0 Å². The van der Waals surface area contributed by atoms with E-state index in [-0.39, 0.29) is 0 Å². The second-order valence-electron chi connectivity index (χ2n) is 7.63. The summed E-state index contributed by atoms with van der Waals surface area (Å²) < 4.78 is 15.4. The van der Waals surface area contributed by atoms with Gasteiger partial charge in [-0.3, -0.25) is 4.90 Å². The van der Waals surface area contributed by atoms with E-state index in [0.29, 0.717) is 6.42 Å². The molecule has 7 nitrogen and oxygen atoms in total. The summed E-state index contributed by atoms with van der Waals surface area (Å²) in [6, 6.07) is 7.25. The highest BCUT2D eigenvalue weighted by molar-refractivity contribution is 5.81. The Hall–Kier alpha value is -2.12. The van der Waals surface area contributed by atoms with Gasteiger partial charge in [-0.25, -0.2) is 9.59 Å². The lowest BCUT2D eigenvalue weighted by atomic mass is 10.0. The highest BCUT2D eigenvalue weighted by Crippen LogP contribution is 2.12. The van der Waals surface area contributed by atoms with Crippen LogP contribution >= 0.6 is 0 Å². The zero-order valence-corrected chi connectivity index (χ0v) is 16.6. The predicted octanol–water partition coefficient (Wildman–Crippen LogP) is 2.13. The van der Waals surface area contributed by atoms with Gasteiger partial charge in [0.1, 0.15) is 11.6 Å². The molecule has 1 fully saturated rings. The summed E-state index contributed by atoms with van der Waals surface area (Å²) in [5, 5.41) is 2.60. The van der Waals surface area contributed by atoms with E-state index in [1.54, 1.807) is 20.8 Å². The smallest absolute Gasteiger partial charge is 0.408 e. The molecule has 0 bridgehead atoms. The molecule has 1 aliphatic heterocycles. The Morgan fingerprint density at radius 1 is 1.15 bits per heavy atom. The lowest BCUT2D eigenvalue weighted by Gasteiger charge is -2.26. The van der Waals surface area contributed by atoms with Crippen molar-refractivity contribution >= 4 is 12.1 Å². The maximum absolute atomic E-state index is 12.0. The fourth-order valence-electron chi connectivity index (χ4n) is 2.82. The van der Waals surface area contributed by atoms with Crippen LogP contribution in [-0.2, 0) is 32.0 Å². The summed E-state index contributed by atoms with van der Waals surface area (Å²) in [6.45, 7) is 9.61. The number of morpholine rings is 1. The summed E-state index contributed by atoms with van der Waals surface area (Å²) in [5.74, 6) is -0.502. The molecule has 1 aromatic rings. The Labute approximate surface area is 161 Å². The van der Waals surface area contributed by atoms with Gasteiger partial charge < -0.3 is 19.5 Å². The van der Waals surface area contributed by atoms with E-state index in [2.05, 4.69) is 10.2 Å². The number of nitrogens with one attached hydrogen (secondary N) is 1. The van der Waals surface area contributed by atoms with Crippen molar-refractivity contribution in [1.82, 2.24) is 10.2 Å². The standard InChI is InChI=1S/C20H30N2O5/c1-20(2,3)27-19(24)21-17(18(23)25-4)13-15-5-7-16(8-6-15)14-22-9-11-26-12-10-22/h5-8,17H,9-14H2,1-4H3,(H,21,24)/t17-/m0/s1. The van der Waals surface area contributed by atoms with Crippen molar-refractivity contribution in [1.29, 1.82) is 0 Å². The summed E-state index contributed by atoms with van der Waals surface area (Å²) >= 11 is 0. The molecule has 7 heteroatoms. The van der Waals surface area contributed by atoms with Gasteiger partial charge in [0.25, 0.3) is 0 Å². The Morgan fingerprint density at radius 3 is 2.30 bits per heavy atom. The van der Waals surface area contributed by atoms with Crippen LogP contribution in [0.25, 0.3) is 0 Å². The van der Waals surface area contributed by atoms with Crippen LogP contribution in [0.15, 0.2) is 24.3 Å². The number of amides is 1. The van der Waals surface area contributed by atoms with E-state index in [1.807, 2.05) is 24.3 Å². The van der Waals surface area contributed by atoms with E-state index in [9.17, 15) is 9.59 Å². The third kappa shape index (κ3) is 7.56. The molecule has 1 aliphatic rings. The van der Waals surface area contributed by atoms with E-state index in [0.717, 1.165) is 38.4 Å². The second-order valence-corrected chi connectivity index (χ2v) is 7.63. The molecule has 0 aliphatic carbocycles. The topological polar surface area (TPSA) is 77.1 Å². The monoisotopic (exact) mass is 378 g/mol. The molecule has 150 valence electrons. The maximum atomic E-state index is 12.0. The third-order valence-electron chi connectivity index (χ3n) is 4.15. The third-order valence-corrected chi connectivity index (χ3v) is 4.15. The average molecular weight is 378 g/mol. The van der Waals surface area contributed by atoms with Crippen LogP contribution in [-0.4, -0.2) is 62.0 Å². The summed E-state index contributed by atoms with van der Waals surface area (Å²) in [6.07, 6.45) is -0.300. The molecule has 0 spiro atoms. The fraction of sp³-hybridized carbons (Fsp3) is 0.600.